The van der Waals surface area contributed by atoms with E-state index in [4.69, 9.17) is 0 Å². The topological polar surface area (TPSA) is 55.2 Å². The van der Waals surface area contributed by atoms with Gasteiger partial charge in [-0.1, -0.05) is 18.9 Å². The van der Waals surface area contributed by atoms with E-state index in [1.165, 1.54) is 34.7 Å². The molecule has 1 amide bonds. The second kappa shape index (κ2) is 7.85. The number of likely N-dealkylation sites (tertiary alicyclic amines) is 1. The zero-order chi connectivity index (χ0) is 18.7. The first-order valence-corrected chi connectivity index (χ1v) is 9.40. The molecule has 0 N–H and O–H groups in total. The normalized spacial score (nSPS) is 15.0. The summed E-state index contributed by atoms with van der Waals surface area (Å²) in [7, 11) is 0. The number of amides is 1. The fourth-order valence-electron chi connectivity index (χ4n) is 3.49. The molecule has 138 valence electrons. The molecule has 1 aromatic carbocycles. The van der Waals surface area contributed by atoms with E-state index in [0.717, 1.165) is 42.8 Å². The van der Waals surface area contributed by atoms with Crippen LogP contribution in [0.3, 0.4) is 0 Å². The average molecular weight is 353 g/mol. The summed E-state index contributed by atoms with van der Waals surface area (Å²) in [4.78, 5) is 26.7. The van der Waals surface area contributed by atoms with Gasteiger partial charge < -0.3 is 4.90 Å². The van der Waals surface area contributed by atoms with Crippen molar-refractivity contribution in [2.24, 2.45) is 0 Å². The Morgan fingerprint density at radius 2 is 1.62 bits per heavy atom. The van der Waals surface area contributed by atoms with Gasteiger partial charge in [0.2, 0.25) is 5.91 Å². The summed E-state index contributed by atoms with van der Waals surface area (Å²) in [6.07, 6.45) is 4.42. The maximum atomic E-state index is 12.6. The maximum Gasteiger partial charge on any atom is 0.267 e. The molecule has 2 heterocycles. The van der Waals surface area contributed by atoms with Crippen LogP contribution >= 0.6 is 0 Å². The Morgan fingerprint density at radius 1 is 0.962 bits per heavy atom. The first-order valence-electron chi connectivity index (χ1n) is 9.40. The van der Waals surface area contributed by atoms with Crippen LogP contribution in [0.5, 0.6) is 0 Å². The van der Waals surface area contributed by atoms with Crippen molar-refractivity contribution in [2.45, 2.75) is 53.0 Å². The Balaban J connectivity index is 1.87. The van der Waals surface area contributed by atoms with Crippen LogP contribution in [0.1, 0.15) is 42.4 Å². The van der Waals surface area contributed by atoms with Gasteiger partial charge in [0.25, 0.3) is 5.56 Å². The first-order chi connectivity index (χ1) is 12.5. The van der Waals surface area contributed by atoms with Crippen LogP contribution in [0, 0.1) is 20.8 Å². The van der Waals surface area contributed by atoms with E-state index in [1.807, 2.05) is 11.8 Å². The molecule has 1 aromatic heterocycles. The van der Waals surface area contributed by atoms with Crippen molar-refractivity contribution in [1.82, 2.24) is 14.7 Å². The lowest BCUT2D eigenvalue weighted by atomic mass is 9.99. The number of aryl methyl sites for hydroxylation is 3. The lowest BCUT2D eigenvalue weighted by Crippen LogP contribution is -2.37. The minimum absolute atomic E-state index is 0.0105. The summed E-state index contributed by atoms with van der Waals surface area (Å²) in [6, 6.07) is 7.47. The van der Waals surface area contributed by atoms with Crippen molar-refractivity contribution in [2.75, 3.05) is 13.1 Å². The van der Waals surface area contributed by atoms with E-state index in [2.05, 4.69) is 31.1 Å². The van der Waals surface area contributed by atoms with Gasteiger partial charge in [-0.05, 0) is 62.4 Å². The van der Waals surface area contributed by atoms with E-state index in [0.29, 0.717) is 0 Å². The van der Waals surface area contributed by atoms with Crippen molar-refractivity contribution in [3.63, 3.8) is 0 Å². The summed E-state index contributed by atoms with van der Waals surface area (Å²) in [6.45, 7) is 7.77. The Bertz CT molecular complexity index is 862. The first kappa shape index (κ1) is 18.4. The summed E-state index contributed by atoms with van der Waals surface area (Å²) >= 11 is 0. The molecule has 0 atom stereocenters. The molecule has 2 aromatic rings. The Hall–Kier alpha value is -2.43. The molecule has 0 aliphatic carbocycles. The van der Waals surface area contributed by atoms with Crippen LogP contribution < -0.4 is 5.56 Å². The molecule has 1 saturated heterocycles. The number of benzene rings is 1. The molecule has 1 fully saturated rings. The lowest BCUT2D eigenvalue weighted by Gasteiger charge is -2.20. The van der Waals surface area contributed by atoms with Crippen LogP contribution in [0.25, 0.3) is 11.3 Å². The largest absolute Gasteiger partial charge is 0.341 e. The van der Waals surface area contributed by atoms with Gasteiger partial charge in [-0.3, -0.25) is 9.59 Å². The molecule has 0 radical (unpaired) electrons. The minimum Gasteiger partial charge on any atom is -0.341 e. The molecule has 26 heavy (non-hydrogen) atoms. The molecule has 0 unspecified atom stereocenters. The Kier molecular flexibility index (Phi) is 5.55. The van der Waals surface area contributed by atoms with Gasteiger partial charge in [-0.15, -0.1) is 0 Å². The van der Waals surface area contributed by atoms with Crippen molar-refractivity contribution in [3.05, 3.63) is 51.3 Å². The van der Waals surface area contributed by atoms with Gasteiger partial charge in [0.15, 0.2) is 0 Å². The van der Waals surface area contributed by atoms with Gasteiger partial charge in [0.05, 0.1) is 5.69 Å². The molecule has 0 bridgehead atoms. The smallest absolute Gasteiger partial charge is 0.267 e. The third-order valence-corrected chi connectivity index (χ3v) is 5.23. The fraction of sp³-hybridized carbons (Fsp3) is 0.476. The number of hydrogen-bond acceptors (Lipinski definition) is 3. The number of rotatable bonds is 3. The van der Waals surface area contributed by atoms with Crippen molar-refractivity contribution >= 4 is 5.91 Å². The second-order valence-electron chi connectivity index (χ2n) is 7.26. The highest BCUT2D eigenvalue weighted by Crippen LogP contribution is 2.24. The predicted molar refractivity (Wildman–Crippen MR) is 103 cm³/mol. The minimum atomic E-state index is -0.238. The Labute approximate surface area is 154 Å². The third kappa shape index (κ3) is 4.03. The van der Waals surface area contributed by atoms with Crippen LogP contribution in [0.4, 0.5) is 0 Å². The zero-order valence-electron chi connectivity index (χ0n) is 15.9. The van der Waals surface area contributed by atoms with Crippen LogP contribution in [-0.4, -0.2) is 33.7 Å². The van der Waals surface area contributed by atoms with E-state index < -0.39 is 0 Å². The van der Waals surface area contributed by atoms with Gasteiger partial charge in [0, 0.05) is 24.7 Å². The van der Waals surface area contributed by atoms with Crippen LogP contribution in [-0.2, 0) is 11.3 Å². The highest BCUT2D eigenvalue weighted by Gasteiger charge is 2.17. The second-order valence-corrected chi connectivity index (χ2v) is 7.26. The van der Waals surface area contributed by atoms with Crippen molar-refractivity contribution < 1.29 is 4.79 Å². The van der Waals surface area contributed by atoms with Crippen molar-refractivity contribution in [3.8, 4) is 11.3 Å². The summed E-state index contributed by atoms with van der Waals surface area (Å²) < 4.78 is 1.30. The molecule has 0 spiro atoms. The predicted octanol–water partition coefficient (Wildman–Crippen LogP) is 3.24. The highest BCUT2D eigenvalue weighted by atomic mass is 16.2. The highest BCUT2D eigenvalue weighted by molar-refractivity contribution is 5.76. The number of hydrogen-bond donors (Lipinski definition) is 0. The van der Waals surface area contributed by atoms with Crippen LogP contribution in [0.2, 0.25) is 0 Å². The van der Waals surface area contributed by atoms with E-state index in [-0.39, 0.29) is 18.0 Å². The number of carbonyl (C=O) groups is 1. The SMILES string of the molecule is Cc1cc(C)c(-c2ccc(=O)n(CC(=O)N3CCCCCC3)n2)cc1C. The van der Waals surface area contributed by atoms with Gasteiger partial charge in [-0.25, -0.2) is 4.68 Å². The van der Waals surface area contributed by atoms with Gasteiger partial charge >= 0.3 is 0 Å². The average Bonchev–Trinajstić information content (AvgIpc) is 2.89. The fourth-order valence-corrected chi connectivity index (χ4v) is 3.49. The van der Waals surface area contributed by atoms with E-state index >= 15 is 0 Å². The molecule has 3 rings (SSSR count). The van der Waals surface area contributed by atoms with Crippen molar-refractivity contribution in [1.29, 1.82) is 0 Å². The molecule has 0 saturated carbocycles. The number of nitrogens with zero attached hydrogens (tertiary/aromatic N) is 3. The quantitative estimate of drug-likeness (QED) is 0.851. The maximum absolute atomic E-state index is 12.6. The standard InChI is InChI=1S/C21H27N3O2/c1-15-12-17(3)18(13-16(15)2)19-8-9-20(25)24(22-19)14-21(26)23-10-6-4-5-7-11-23/h8-9,12-13H,4-7,10-11,14H2,1-3H3. The summed E-state index contributed by atoms with van der Waals surface area (Å²) in [5.74, 6) is -0.0181. The third-order valence-electron chi connectivity index (χ3n) is 5.23. The molecule has 5 heteroatoms. The number of carbonyl (C=O) groups excluding carboxylic acids is 1. The molecule has 1 aliphatic rings. The summed E-state index contributed by atoms with van der Waals surface area (Å²) in [5, 5.41) is 4.49. The lowest BCUT2D eigenvalue weighted by molar-refractivity contribution is -0.132. The molecular formula is C21H27N3O2. The summed E-state index contributed by atoms with van der Waals surface area (Å²) in [5.41, 5.74) is 5.03. The molecule has 1 aliphatic heterocycles. The van der Waals surface area contributed by atoms with E-state index in [1.54, 1.807) is 6.07 Å². The molecular weight excluding hydrogens is 326 g/mol. The number of aromatic nitrogens is 2. The zero-order valence-corrected chi connectivity index (χ0v) is 15.9. The Morgan fingerprint density at radius 3 is 2.31 bits per heavy atom. The van der Waals surface area contributed by atoms with Gasteiger partial charge in [0.1, 0.15) is 6.54 Å². The van der Waals surface area contributed by atoms with Gasteiger partial charge in [-0.2, -0.15) is 5.10 Å². The molecule has 5 nitrogen and oxygen atoms in total. The van der Waals surface area contributed by atoms with E-state index in [9.17, 15) is 9.59 Å². The van der Waals surface area contributed by atoms with Crippen LogP contribution in [0.15, 0.2) is 29.1 Å². The monoisotopic (exact) mass is 353 g/mol.